The van der Waals surface area contributed by atoms with Crippen molar-refractivity contribution in [3.63, 3.8) is 0 Å². The summed E-state index contributed by atoms with van der Waals surface area (Å²) in [7, 11) is 1.58. The smallest absolute Gasteiger partial charge is 0.203 e. The van der Waals surface area contributed by atoms with Crippen molar-refractivity contribution in [2.24, 2.45) is 0 Å². The number of hydrogen-bond acceptors (Lipinski definition) is 4. The van der Waals surface area contributed by atoms with E-state index in [0.717, 1.165) is 5.56 Å². The minimum absolute atomic E-state index is 0.276. The quantitative estimate of drug-likeness (QED) is 0.938. The molecule has 2 aromatic rings. The maximum Gasteiger partial charge on any atom is 0.203 e. The van der Waals surface area contributed by atoms with Crippen molar-refractivity contribution in [1.29, 1.82) is 0 Å². The molecule has 2 aromatic carbocycles. The number of fused-ring (bicyclic) bond motifs is 1. The Morgan fingerprint density at radius 3 is 2.81 bits per heavy atom. The largest absolute Gasteiger partial charge is 0.493 e. The van der Waals surface area contributed by atoms with Crippen LogP contribution in [0.25, 0.3) is 0 Å². The molecule has 0 aromatic heterocycles. The van der Waals surface area contributed by atoms with Crippen molar-refractivity contribution >= 4 is 5.69 Å². The van der Waals surface area contributed by atoms with Crippen molar-refractivity contribution < 1.29 is 18.6 Å². The van der Waals surface area contributed by atoms with Crippen LogP contribution in [0.15, 0.2) is 36.4 Å². The molecule has 0 aliphatic carbocycles. The molecule has 0 fully saturated rings. The van der Waals surface area contributed by atoms with E-state index in [9.17, 15) is 4.39 Å². The molecule has 0 bridgehead atoms. The van der Waals surface area contributed by atoms with Crippen LogP contribution in [0.1, 0.15) is 5.56 Å². The maximum absolute atomic E-state index is 13.6. The molecule has 1 N–H and O–H groups in total. The number of ether oxygens (including phenoxy) is 3. The first kappa shape index (κ1) is 13.5. The summed E-state index contributed by atoms with van der Waals surface area (Å²) in [5.41, 5.74) is 1.39. The lowest BCUT2D eigenvalue weighted by Crippen LogP contribution is -2.16. The van der Waals surface area contributed by atoms with Gasteiger partial charge in [-0.25, -0.2) is 4.39 Å². The summed E-state index contributed by atoms with van der Waals surface area (Å²) < 4.78 is 30.0. The Kier molecular flexibility index (Phi) is 3.81. The number of rotatable bonds is 4. The molecule has 0 amide bonds. The Morgan fingerprint density at radius 1 is 1.19 bits per heavy atom. The van der Waals surface area contributed by atoms with Gasteiger partial charge in [0.15, 0.2) is 11.5 Å². The first-order valence-corrected chi connectivity index (χ1v) is 6.73. The lowest BCUT2D eigenvalue weighted by molar-refractivity contribution is 0.165. The summed E-state index contributed by atoms with van der Waals surface area (Å²) in [5, 5.41) is 3.06. The third kappa shape index (κ3) is 2.86. The summed E-state index contributed by atoms with van der Waals surface area (Å²) in [6.45, 7) is 1.49. The molecule has 0 unspecified atom stereocenters. The fourth-order valence-electron chi connectivity index (χ4n) is 2.23. The molecule has 0 radical (unpaired) electrons. The van der Waals surface area contributed by atoms with Crippen LogP contribution in [0.4, 0.5) is 10.1 Å². The minimum Gasteiger partial charge on any atom is -0.493 e. The van der Waals surface area contributed by atoms with Gasteiger partial charge in [0.1, 0.15) is 19.0 Å². The average Bonchev–Trinajstić information content (AvgIpc) is 2.53. The van der Waals surface area contributed by atoms with Crippen molar-refractivity contribution in [2.45, 2.75) is 6.54 Å². The van der Waals surface area contributed by atoms with E-state index >= 15 is 0 Å². The Bertz CT molecular complexity index is 628. The molecule has 0 saturated carbocycles. The molecular weight excluding hydrogens is 273 g/mol. The summed E-state index contributed by atoms with van der Waals surface area (Å²) in [5.74, 6) is 1.63. The van der Waals surface area contributed by atoms with Crippen molar-refractivity contribution in [3.8, 4) is 17.2 Å². The zero-order valence-electron chi connectivity index (χ0n) is 11.7. The van der Waals surface area contributed by atoms with E-state index in [1.807, 2.05) is 12.1 Å². The van der Waals surface area contributed by atoms with Gasteiger partial charge < -0.3 is 19.5 Å². The van der Waals surface area contributed by atoms with E-state index in [0.29, 0.717) is 42.7 Å². The van der Waals surface area contributed by atoms with Crippen LogP contribution in [0, 0.1) is 5.82 Å². The molecule has 4 nitrogen and oxygen atoms in total. The second-order valence-electron chi connectivity index (χ2n) is 4.66. The minimum atomic E-state index is -0.276. The Balaban J connectivity index is 1.81. The van der Waals surface area contributed by atoms with Crippen LogP contribution in [0.3, 0.4) is 0 Å². The number of methoxy groups -OCH3 is 1. The highest BCUT2D eigenvalue weighted by molar-refractivity contribution is 5.55. The molecule has 3 rings (SSSR count). The number of halogens is 1. The van der Waals surface area contributed by atoms with Gasteiger partial charge in [-0.05, 0) is 29.8 Å². The van der Waals surface area contributed by atoms with Crippen LogP contribution in [-0.2, 0) is 6.54 Å². The average molecular weight is 289 g/mol. The second-order valence-corrected chi connectivity index (χ2v) is 4.66. The lowest BCUT2D eigenvalue weighted by atomic mass is 10.1. The van der Waals surface area contributed by atoms with E-state index < -0.39 is 0 Å². The highest BCUT2D eigenvalue weighted by Gasteiger charge is 2.18. The molecule has 0 saturated heterocycles. The molecule has 21 heavy (non-hydrogen) atoms. The van der Waals surface area contributed by atoms with Gasteiger partial charge in [-0.2, -0.15) is 0 Å². The van der Waals surface area contributed by atoms with Crippen molar-refractivity contribution in [2.75, 3.05) is 25.6 Å². The van der Waals surface area contributed by atoms with E-state index in [1.54, 1.807) is 25.3 Å². The molecular formula is C16H16FNO3. The van der Waals surface area contributed by atoms with E-state index in [4.69, 9.17) is 14.2 Å². The summed E-state index contributed by atoms with van der Waals surface area (Å²) in [6, 6.07) is 10.3. The molecule has 1 heterocycles. The van der Waals surface area contributed by atoms with E-state index in [1.165, 1.54) is 6.07 Å². The Hall–Kier alpha value is -2.43. The molecule has 1 aliphatic rings. The fourth-order valence-corrected chi connectivity index (χ4v) is 2.23. The third-order valence-corrected chi connectivity index (χ3v) is 3.24. The summed E-state index contributed by atoms with van der Waals surface area (Å²) in [6.07, 6.45) is 0. The van der Waals surface area contributed by atoms with Gasteiger partial charge in [0.25, 0.3) is 0 Å². The Morgan fingerprint density at radius 2 is 2.00 bits per heavy atom. The normalized spacial score (nSPS) is 12.9. The van der Waals surface area contributed by atoms with Crippen LogP contribution >= 0.6 is 0 Å². The standard InChI is InChI=1S/C16H16FNO3/c1-19-14-8-11(9-15-16(14)21-7-6-20-15)10-18-13-5-3-2-4-12(13)17/h2-5,8-9,18H,6-7,10H2,1H3. The third-order valence-electron chi connectivity index (χ3n) is 3.24. The van der Waals surface area contributed by atoms with E-state index in [-0.39, 0.29) is 5.82 Å². The molecule has 0 atom stereocenters. The monoisotopic (exact) mass is 289 g/mol. The summed E-state index contributed by atoms with van der Waals surface area (Å²) in [4.78, 5) is 0. The molecule has 5 heteroatoms. The van der Waals surface area contributed by atoms with E-state index in [2.05, 4.69) is 5.32 Å². The van der Waals surface area contributed by atoms with Gasteiger partial charge in [0.05, 0.1) is 12.8 Å². The van der Waals surface area contributed by atoms with Gasteiger partial charge >= 0.3 is 0 Å². The van der Waals surface area contributed by atoms with Crippen LogP contribution in [0.2, 0.25) is 0 Å². The SMILES string of the molecule is COc1cc(CNc2ccccc2F)cc2c1OCCO2. The fraction of sp³-hybridized carbons (Fsp3) is 0.250. The predicted octanol–water partition coefficient (Wildman–Crippen LogP) is 3.22. The van der Waals surface area contributed by atoms with Gasteiger partial charge in [-0.1, -0.05) is 12.1 Å². The Labute approximate surface area is 122 Å². The van der Waals surface area contributed by atoms with Crippen LogP contribution in [-0.4, -0.2) is 20.3 Å². The van der Waals surface area contributed by atoms with Crippen LogP contribution in [0.5, 0.6) is 17.2 Å². The lowest BCUT2D eigenvalue weighted by Gasteiger charge is -2.21. The zero-order valence-corrected chi connectivity index (χ0v) is 11.7. The first-order chi connectivity index (χ1) is 10.3. The number of anilines is 1. The van der Waals surface area contributed by atoms with Gasteiger partial charge in [-0.15, -0.1) is 0 Å². The summed E-state index contributed by atoms with van der Waals surface area (Å²) >= 11 is 0. The molecule has 1 aliphatic heterocycles. The highest BCUT2D eigenvalue weighted by Crippen LogP contribution is 2.40. The number of hydrogen-bond donors (Lipinski definition) is 1. The van der Waals surface area contributed by atoms with Crippen molar-refractivity contribution in [3.05, 3.63) is 47.8 Å². The number of para-hydroxylation sites is 1. The topological polar surface area (TPSA) is 39.7 Å². The highest BCUT2D eigenvalue weighted by atomic mass is 19.1. The maximum atomic E-state index is 13.6. The van der Waals surface area contributed by atoms with Gasteiger partial charge in [-0.3, -0.25) is 0 Å². The molecule has 0 spiro atoms. The molecule has 110 valence electrons. The predicted molar refractivity (Wildman–Crippen MR) is 77.7 cm³/mol. The number of benzene rings is 2. The van der Waals surface area contributed by atoms with Gasteiger partial charge in [0, 0.05) is 6.54 Å². The first-order valence-electron chi connectivity index (χ1n) is 6.73. The van der Waals surface area contributed by atoms with Crippen molar-refractivity contribution in [1.82, 2.24) is 0 Å². The van der Waals surface area contributed by atoms with Crippen LogP contribution < -0.4 is 19.5 Å². The van der Waals surface area contributed by atoms with Gasteiger partial charge in [0.2, 0.25) is 5.75 Å². The number of nitrogens with one attached hydrogen (secondary N) is 1. The zero-order chi connectivity index (χ0) is 14.7. The second kappa shape index (κ2) is 5.91.